The Kier molecular flexibility index (Phi) is 4.60. The Labute approximate surface area is 127 Å². The second-order valence-electron chi connectivity index (χ2n) is 4.38. The van der Waals surface area contributed by atoms with Gasteiger partial charge in [-0.25, -0.2) is 4.79 Å². The van der Waals surface area contributed by atoms with Crippen molar-refractivity contribution >= 4 is 29.2 Å². The van der Waals surface area contributed by atoms with Crippen LogP contribution in [0.1, 0.15) is 17.3 Å². The molecule has 2 rings (SSSR count). The molecule has 1 amide bonds. The molecule has 2 aromatic carbocycles. The molecule has 4 nitrogen and oxygen atoms in total. The van der Waals surface area contributed by atoms with Gasteiger partial charge in [-0.2, -0.15) is 0 Å². The van der Waals surface area contributed by atoms with E-state index in [4.69, 9.17) is 16.3 Å². The maximum atomic E-state index is 11.9. The quantitative estimate of drug-likeness (QED) is 0.879. The number of halogens is 1. The summed E-state index contributed by atoms with van der Waals surface area (Å²) in [7, 11) is 1.29. The number of benzene rings is 2. The number of methoxy groups -OCH3 is 1. The maximum absolute atomic E-state index is 11.9. The number of nitrogens with one attached hydrogen (secondary N) is 1. The van der Waals surface area contributed by atoms with Crippen molar-refractivity contribution in [1.82, 2.24) is 0 Å². The van der Waals surface area contributed by atoms with Gasteiger partial charge in [-0.3, -0.25) is 4.79 Å². The Morgan fingerprint density at radius 3 is 2.33 bits per heavy atom. The molecule has 0 unspecified atom stereocenters. The summed E-state index contributed by atoms with van der Waals surface area (Å²) in [6, 6.07) is 12.4. The molecule has 21 heavy (non-hydrogen) atoms. The van der Waals surface area contributed by atoms with E-state index in [0.717, 1.165) is 5.56 Å². The van der Waals surface area contributed by atoms with Gasteiger partial charge in [0.25, 0.3) is 0 Å². The minimum Gasteiger partial charge on any atom is -0.465 e. The van der Waals surface area contributed by atoms with Gasteiger partial charge in [0.1, 0.15) is 0 Å². The molecule has 108 valence electrons. The van der Waals surface area contributed by atoms with Gasteiger partial charge in [-0.1, -0.05) is 41.9 Å². The molecule has 2 aromatic rings. The number of ether oxygens (including phenoxy) is 1. The van der Waals surface area contributed by atoms with Crippen LogP contribution >= 0.6 is 11.6 Å². The van der Waals surface area contributed by atoms with Crippen LogP contribution in [-0.4, -0.2) is 19.0 Å². The van der Waals surface area contributed by atoms with E-state index in [2.05, 4.69) is 5.32 Å². The maximum Gasteiger partial charge on any atom is 0.339 e. The molecule has 0 atom stereocenters. The van der Waals surface area contributed by atoms with Crippen LogP contribution in [0.15, 0.2) is 42.5 Å². The zero-order valence-electron chi connectivity index (χ0n) is 11.6. The highest BCUT2D eigenvalue weighted by atomic mass is 35.5. The van der Waals surface area contributed by atoms with Crippen LogP contribution in [0.25, 0.3) is 11.1 Å². The first-order valence-electron chi connectivity index (χ1n) is 6.28. The lowest BCUT2D eigenvalue weighted by Gasteiger charge is -2.15. The molecule has 0 fully saturated rings. The largest absolute Gasteiger partial charge is 0.465 e. The average molecular weight is 304 g/mol. The Bertz CT molecular complexity index is 683. The van der Waals surface area contributed by atoms with E-state index >= 15 is 0 Å². The lowest BCUT2D eigenvalue weighted by molar-refractivity contribution is -0.114. The molecule has 0 heterocycles. The Hall–Kier alpha value is -2.33. The van der Waals surface area contributed by atoms with Gasteiger partial charge < -0.3 is 10.1 Å². The summed E-state index contributed by atoms with van der Waals surface area (Å²) in [6.07, 6.45) is 0. The van der Waals surface area contributed by atoms with Crippen LogP contribution in [0, 0.1) is 0 Å². The molecule has 0 aliphatic rings. The third-order valence-electron chi connectivity index (χ3n) is 2.92. The van der Waals surface area contributed by atoms with Gasteiger partial charge in [0.15, 0.2) is 0 Å². The van der Waals surface area contributed by atoms with Crippen LogP contribution in [0.2, 0.25) is 5.02 Å². The monoisotopic (exact) mass is 303 g/mol. The number of anilines is 1. The highest BCUT2D eigenvalue weighted by molar-refractivity contribution is 6.34. The molecule has 0 saturated carbocycles. The predicted octanol–water partition coefficient (Wildman–Crippen LogP) is 3.75. The SMILES string of the molecule is COC(=O)c1ccc(Cl)c(-c2ccccc2)c1NC(C)=O. The van der Waals surface area contributed by atoms with Crippen LogP contribution in [-0.2, 0) is 9.53 Å². The number of hydrogen-bond donors (Lipinski definition) is 1. The number of amides is 1. The number of carbonyl (C=O) groups is 2. The van der Waals surface area contributed by atoms with Crippen molar-refractivity contribution in [1.29, 1.82) is 0 Å². The van der Waals surface area contributed by atoms with Crippen molar-refractivity contribution in [2.75, 3.05) is 12.4 Å². The van der Waals surface area contributed by atoms with E-state index < -0.39 is 5.97 Å². The summed E-state index contributed by atoms with van der Waals surface area (Å²) in [5.74, 6) is -0.827. The van der Waals surface area contributed by atoms with E-state index in [1.54, 1.807) is 6.07 Å². The predicted molar refractivity (Wildman–Crippen MR) is 82.5 cm³/mol. The third-order valence-corrected chi connectivity index (χ3v) is 3.24. The molecule has 0 saturated heterocycles. The molecule has 0 aromatic heterocycles. The van der Waals surface area contributed by atoms with Crippen LogP contribution < -0.4 is 5.32 Å². The number of rotatable bonds is 3. The van der Waals surface area contributed by atoms with Crippen molar-refractivity contribution in [3.63, 3.8) is 0 Å². The summed E-state index contributed by atoms with van der Waals surface area (Å²) >= 11 is 6.26. The molecule has 0 bridgehead atoms. The minimum absolute atomic E-state index is 0.260. The topological polar surface area (TPSA) is 55.4 Å². The first-order valence-corrected chi connectivity index (χ1v) is 6.66. The van der Waals surface area contributed by atoms with Gasteiger partial charge in [0.2, 0.25) is 5.91 Å². The lowest BCUT2D eigenvalue weighted by Crippen LogP contribution is -2.13. The van der Waals surface area contributed by atoms with E-state index in [1.807, 2.05) is 30.3 Å². The van der Waals surface area contributed by atoms with E-state index in [0.29, 0.717) is 16.3 Å². The van der Waals surface area contributed by atoms with Crippen molar-refractivity contribution < 1.29 is 14.3 Å². The van der Waals surface area contributed by atoms with Crippen LogP contribution in [0.3, 0.4) is 0 Å². The first kappa shape index (κ1) is 15.1. The molecular weight excluding hydrogens is 290 g/mol. The van der Waals surface area contributed by atoms with Crippen molar-refractivity contribution in [2.45, 2.75) is 6.92 Å². The lowest BCUT2D eigenvalue weighted by atomic mass is 9.99. The fourth-order valence-electron chi connectivity index (χ4n) is 2.05. The molecular formula is C16H14ClNO3. The normalized spacial score (nSPS) is 10.0. The van der Waals surface area contributed by atoms with Gasteiger partial charge in [0, 0.05) is 12.5 Å². The second-order valence-corrected chi connectivity index (χ2v) is 4.79. The Morgan fingerprint density at radius 1 is 1.10 bits per heavy atom. The van der Waals surface area contributed by atoms with Gasteiger partial charge in [0.05, 0.1) is 23.4 Å². The molecule has 5 heteroatoms. The smallest absolute Gasteiger partial charge is 0.339 e. The van der Waals surface area contributed by atoms with Crippen molar-refractivity contribution in [3.05, 3.63) is 53.1 Å². The van der Waals surface area contributed by atoms with Gasteiger partial charge in [-0.15, -0.1) is 0 Å². The van der Waals surface area contributed by atoms with Crippen LogP contribution in [0.4, 0.5) is 5.69 Å². The first-order chi connectivity index (χ1) is 10.0. The van der Waals surface area contributed by atoms with Gasteiger partial charge in [-0.05, 0) is 17.7 Å². The zero-order valence-corrected chi connectivity index (χ0v) is 12.4. The number of esters is 1. The second kappa shape index (κ2) is 6.41. The molecule has 0 aliphatic heterocycles. The van der Waals surface area contributed by atoms with Gasteiger partial charge >= 0.3 is 5.97 Å². The standard InChI is InChI=1S/C16H14ClNO3/c1-10(19)18-15-12(16(20)21-2)8-9-13(17)14(15)11-6-4-3-5-7-11/h3-9H,1-2H3,(H,18,19). The summed E-state index contributed by atoms with van der Waals surface area (Å²) in [4.78, 5) is 23.4. The van der Waals surface area contributed by atoms with Crippen LogP contribution in [0.5, 0.6) is 0 Å². The Balaban J connectivity index is 2.72. The molecule has 0 spiro atoms. The van der Waals surface area contributed by atoms with E-state index in [9.17, 15) is 9.59 Å². The number of carbonyl (C=O) groups excluding carboxylic acids is 2. The average Bonchev–Trinajstić information content (AvgIpc) is 2.47. The molecule has 0 radical (unpaired) electrons. The summed E-state index contributed by atoms with van der Waals surface area (Å²) in [5, 5.41) is 3.11. The fraction of sp³-hybridized carbons (Fsp3) is 0.125. The van der Waals surface area contributed by atoms with Crippen molar-refractivity contribution in [3.8, 4) is 11.1 Å². The minimum atomic E-state index is -0.535. The van der Waals surface area contributed by atoms with E-state index in [-0.39, 0.29) is 11.5 Å². The Morgan fingerprint density at radius 2 is 1.76 bits per heavy atom. The molecule has 1 N–H and O–H groups in total. The number of hydrogen-bond acceptors (Lipinski definition) is 3. The zero-order chi connectivity index (χ0) is 15.4. The summed E-state index contributed by atoms with van der Waals surface area (Å²) < 4.78 is 4.76. The highest BCUT2D eigenvalue weighted by Gasteiger charge is 2.20. The fourth-order valence-corrected chi connectivity index (χ4v) is 2.32. The molecule has 0 aliphatic carbocycles. The third kappa shape index (κ3) is 3.23. The summed E-state index contributed by atoms with van der Waals surface area (Å²) in [6.45, 7) is 1.37. The summed E-state index contributed by atoms with van der Waals surface area (Å²) in [5.41, 5.74) is 2.01. The van der Waals surface area contributed by atoms with Crippen molar-refractivity contribution in [2.24, 2.45) is 0 Å². The highest BCUT2D eigenvalue weighted by Crippen LogP contribution is 2.37. The van der Waals surface area contributed by atoms with E-state index in [1.165, 1.54) is 20.1 Å².